The zero-order valence-corrected chi connectivity index (χ0v) is 16.3. The quantitative estimate of drug-likeness (QED) is 0.279. The maximum atomic E-state index is 13.2. The molecule has 11 nitrogen and oxygen atoms in total. The normalized spacial score (nSPS) is 25.7. The fourth-order valence-electron chi connectivity index (χ4n) is 3.46. The second kappa shape index (κ2) is 8.30. The molecule has 3 aromatic rings. The highest BCUT2D eigenvalue weighted by Gasteiger charge is 2.45. The van der Waals surface area contributed by atoms with Crippen molar-refractivity contribution in [1.29, 1.82) is 0 Å². The van der Waals surface area contributed by atoms with Gasteiger partial charge in [-0.2, -0.15) is 0 Å². The second-order valence-electron chi connectivity index (χ2n) is 7.29. The van der Waals surface area contributed by atoms with Crippen LogP contribution in [0.2, 0.25) is 0 Å². The largest absolute Gasteiger partial charge is 0.508 e. The highest BCUT2D eigenvalue weighted by atomic mass is 16.7. The molecule has 0 saturated carbocycles. The van der Waals surface area contributed by atoms with Crippen molar-refractivity contribution in [3.8, 4) is 34.3 Å². The highest BCUT2D eigenvalue weighted by molar-refractivity contribution is 5.88. The van der Waals surface area contributed by atoms with Crippen LogP contribution in [0.4, 0.5) is 0 Å². The predicted octanol–water partition coefficient (Wildman–Crippen LogP) is -0.244. The molecule has 170 valence electrons. The van der Waals surface area contributed by atoms with Crippen LogP contribution in [0.1, 0.15) is 0 Å². The van der Waals surface area contributed by atoms with Gasteiger partial charge in [-0.15, -0.1) is 0 Å². The minimum atomic E-state index is -1.80. The van der Waals surface area contributed by atoms with Crippen molar-refractivity contribution < 1.29 is 49.6 Å². The van der Waals surface area contributed by atoms with Crippen LogP contribution in [-0.4, -0.2) is 73.1 Å². The number of aliphatic hydroxyl groups is 4. The number of rotatable bonds is 4. The number of fused-ring (bicyclic) bond motifs is 1. The maximum Gasteiger partial charge on any atom is 0.239 e. The van der Waals surface area contributed by atoms with Crippen molar-refractivity contribution in [3.05, 3.63) is 46.6 Å². The SMILES string of the molecule is O=c1c(O[C@H]2O[C@@H](CO)[C@H](O)[C@H](O)[C@H]2O)c(-c2ccc(O)cc2)oc2cc(O)cc(O)c12. The van der Waals surface area contributed by atoms with Gasteiger partial charge in [0.1, 0.15) is 52.6 Å². The first kappa shape index (κ1) is 21.9. The van der Waals surface area contributed by atoms with E-state index in [1.165, 1.54) is 24.3 Å². The average molecular weight is 448 g/mol. The van der Waals surface area contributed by atoms with E-state index in [0.717, 1.165) is 12.1 Å². The van der Waals surface area contributed by atoms with Gasteiger partial charge in [0.25, 0.3) is 0 Å². The Balaban J connectivity index is 1.89. The summed E-state index contributed by atoms with van der Waals surface area (Å²) in [5.74, 6) is -1.73. The van der Waals surface area contributed by atoms with E-state index < -0.39 is 54.2 Å². The molecular formula is C21H20O11. The third-order valence-electron chi connectivity index (χ3n) is 5.13. The summed E-state index contributed by atoms with van der Waals surface area (Å²) >= 11 is 0. The van der Waals surface area contributed by atoms with Gasteiger partial charge in [-0.1, -0.05) is 0 Å². The van der Waals surface area contributed by atoms with Crippen LogP contribution >= 0.6 is 0 Å². The third-order valence-corrected chi connectivity index (χ3v) is 5.13. The van der Waals surface area contributed by atoms with Gasteiger partial charge in [0, 0.05) is 17.7 Å². The van der Waals surface area contributed by atoms with E-state index in [1.54, 1.807) is 0 Å². The molecule has 1 aliphatic rings. The summed E-state index contributed by atoms with van der Waals surface area (Å²) in [5, 5.41) is 68.8. The van der Waals surface area contributed by atoms with Gasteiger partial charge in [-0.3, -0.25) is 4.79 Å². The van der Waals surface area contributed by atoms with E-state index in [4.69, 9.17) is 13.9 Å². The molecule has 5 atom stereocenters. The molecule has 2 heterocycles. The second-order valence-corrected chi connectivity index (χ2v) is 7.29. The molecule has 0 radical (unpaired) electrons. The zero-order valence-electron chi connectivity index (χ0n) is 16.3. The molecule has 0 aliphatic carbocycles. The van der Waals surface area contributed by atoms with Crippen LogP contribution in [0.15, 0.2) is 45.6 Å². The van der Waals surface area contributed by atoms with Crippen LogP contribution in [0, 0.1) is 0 Å². The first-order chi connectivity index (χ1) is 15.2. The lowest BCUT2D eigenvalue weighted by Gasteiger charge is -2.39. The number of aromatic hydroxyl groups is 3. The summed E-state index contributed by atoms with van der Waals surface area (Å²) in [4.78, 5) is 13.2. The summed E-state index contributed by atoms with van der Waals surface area (Å²) in [7, 11) is 0. The van der Waals surface area contributed by atoms with Gasteiger partial charge in [0.2, 0.25) is 17.5 Å². The Morgan fingerprint density at radius 2 is 1.59 bits per heavy atom. The highest BCUT2D eigenvalue weighted by Crippen LogP contribution is 2.37. The fraction of sp³-hybridized carbons (Fsp3) is 0.286. The topological polar surface area (TPSA) is 190 Å². The molecule has 0 bridgehead atoms. The molecule has 2 aromatic carbocycles. The van der Waals surface area contributed by atoms with Crippen LogP contribution in [0.25, 0.3) is 22.3 Å². The van der Waals surface area contributed by atoms with Crippen LogP contribution in [-0.2, 0) is 4.74 Å². The Kier molecular flexibility index (Phi) is 5.67. The molecule has 11 heteroatoms. The van der Waals surface area contributed by atoms with E-state index in [2.05, 4.69) is 0 Å². The van der Waals surface area contributed by atoms with Crippen molar-refractivity contribution in [2.24, 2.45) is 0 Å². The molecule has 1 fully saturated rings. The van der Waals surface area contributed by atoms with E-state index in [0.29, 0.717) is 0 Å². The summed E-state index contributed by atoms with van der Waals surface area (Å²) in [5.41, 5.74) is -0.801. The molecular weight excluding hydrogens is 428 g/mol. The Labute approximate surface area is 179 Å². The van der Waals surface area contributed by atoms with E-state index >= 15 is 0 Å². The third kappa shape index (κ3) is 3.72. The number of phenolic OH excluding ortho intramolecular Hbond substituents is 3. The molecule has 0 amide bonds. The smallest absolute Gasteiger partial charge is 0.239 e. The minimum Gasteiger partial charge on any atom is -0.508 e. The molecule has 1 aliphatic heterocycles. The minimum absolute atomic E-state index is 0.0661. The number of ether oxygens (including phenoxy) is 2. The fourth-order valence-corrected chi connectivity index (χ4v) is 3.46. The maximum absolute atomic E-state index is 13.2. The van der Waals surface area contributed by atoms with Crippen LogP contribution in [0.3, 0.4) is 0 Å². The Hall–Kier alpha value is -3.35. The van der Waals surface area contributed by atoms with Gasteiger partial charge in [0.05, 0.1) is 6.61 Å². The van der Waals surface area contributed by atoms with Crippen molar-refractivity contribution in [2.45, 2.75) is 30.7 Å². The van der Waals surface area contributed by atoms with Crippen LogP contribution in [0.5, 0.6) is 23.0 Å². The molecule has 4 rings (SSSR count). The monoisotopic (exact) mass is 448 g/mol. The number of aliphatic hydroxyl groups excluding tert-OH is 4. The van der Waals surface area contributed by atoms with E-state index in [-0.39, 0.29) is 33.8 Å². The molecule has 0 unspecified atom stereocenters. The lowest BCUT2D eigenvalue weighted by Crippen LogP contribution is -2.60. The Morgan fingerprint density at radius 3 is 2.25 bits per heavy atom. The Morgan fingerprint density at radius 1 is 0.906 bits per heavy atom. The molecule has 7 N–H and O–H groups in total. The molecule has 1 saturated heterocycles. The van der Waals surface area contributed by atoms with Gasteiger partial charge >= 0.3 is 0 Å². The zero-order chi connectivity index (χ0) is 23.2. The van der Waals surface area contributed by atoms with Gasteiger partial charge < -0.3 is 49.6 Å². The van der Waals surface area contributed by atoms with Crippen molar-refractivity contribution in [3.63, 3.8) is 0 Å². The summed E-state index contributed by atoms with van der Waals surface area (Å²) in [6.45, 7) is -0.706. The van der Waals surface area contributed by atoms with Gasteiger partial charge in [-0.25, -0.2) is 0 Å². The predicted molar refractivity (Wildman–Crippen MR) is 107 cm³/mol. The van der Waals surface area contributed by atoms with E-state index in [9.17, 15) is 40.5 Å². The standard InChI is InChI=1S/C21H20O11/c22-7-13-15(26)17(28)18(29)21(31-13)32-20-16(27)14-11(25)5-10(24)6-12(14)30-19(20)8-1-3-9(23)4-2-8/h1-6,13,15,17-18,21-26,28-29H,7H2/t13-,15-,17-,18+,21+/m0/s1. The molecule has 1 aromatic heterocycles. The van der Waals surface area contributed by atoms with Gasteiger partial charge in [-0.05, 0) is 24.3 Å². The van der Waals surface area contributed by atoms with Crippen LogP contribution < -0.4 is 10.2 Å². The summed E-state index contributed by atoms with van der Waals surface area (Å²) in [6.07, 6.45) is -8.16. The average Bonchev–Trinajstić information content (AvgIpc) is 2.75. The van der Waals surface area contributed by atoms with Gasteiger partial charge in [0.15, 0.2) is 5.76 Å². The summed E-state index contributed by atoms with van der Waals surface area (Å²) in [6, 6.07) is 7.48. The van der Waals surface area contributed by atoms with E-state index in [1.807, 2.05) is 0 Å². The molecule has 0 spiro atoms. The number of hydrogen-bond acceptors (Lipinski definition) is 11. The number of phenols is 3. The number of benzene rings is 2. The molecule has 32 heavy (non-hydrogen) atoms. The summed E-state index contributed by atoms with van der Waals surface area (Å²) < 4.78 is 16.6. The first-order valence-corrected chi connectivity index (χ1v) is 9.50. The first-order valence-electron chi connectivity index (χ1n) is 9.50. The Bertz CT molecular complexity index is 1190. The van der Waals surface area contributed by atoms with Crippen molar-refractivity contribution in [2.75, 3.05) is 6.61 Å². The lowest BCUT2D eigenvalue weighted by atomic mass is 9.99. The van der Waals surface area contributed by atoms with Crippen molar-refractivity contribution >= 4 is 11.0 Å². The van der Waals surface area contributed by atoms with Crippen molar-refractivity contribution in [1.82, 2.24) is 0 Å². The number of hydrogen-bond donors (Lipinski definition) is 7. The lowest BCUT2D eigenvalue weighted by molar-refractivity contribution is -0.277.